The van der Waals surface area contributed by atoms with Crippen molar-refractivity contribution in [1.29, 1.82) is 0 Å². The maximum absolute atomic E-state index is 15.0. The van der Waals surface area contributed by atoms with Crippen LogP contribution in [0.1, 0.15) is 58.1 Å². The molecule has 0 radical (unpaired) electrons. The summed E-state index contributed by atoms with van der Waals surface area (Å²) in [6.07, 6.45) is 3.28. The largest absolute Gasteiger partial charge is 0.497 e. The maximum atomic E-state index is 15.0. The maximum Gasteiger partial charge on any atom is 0.313 e. The molecule has 3 saturated heterocycles. The zero-order valence-corrected chi connectivity index (χ0v) is 31.9. The number of halogens is 1. The number of aliphatic hydroxyl groups excluding tert-OH is 1. The number of carbonyl (C=O) groups excluding carboxylic acids is 4. The Morgan fingerprint density at radius 3 is 2.42 bits per heavy atom. The van der Waals surface area contributed by atoms with Gasteiger partial charge >= 0.3 is 5.97 Å². The van der Waals surface area contributed by atoms with Crippen LogP contribution < -0.4 is 15.0 Å². The average Bonchev–Trinajstić information content (AvgIpc) is 3.75. The lowest BCUT2D eigenvalue weighted by Crippen LogP contribution is -2.60. The fraction of sp³-hybridized carbons (Fsp3) is 0.500. The number of carbonyl (C=O) groups is 4. The predicted octanol–water partition coefficient (Wildman–Crippen LogP) is 5.12. The van der Waals surface area contributed by atoms with E-state index >= 15 is 4.79 Å². The van der Waals surface area contributed by atoms with Crippen molar-refractivity contribution in [3.8, 4) is 5.75 Å². The number of fused-ring (bicyclic) bond motifs is 1. The summed E-state index contributed by atoms with van der Waals surface area (Å²) in [4.78, 5) is 59.9. The molecule has 280 valence electrons. The third kappa shape index (κ3) is 7.30. The Morgan fingerprint density at radius 1 is 1.13 bits per heavy atom. The molecule has 52 heavy (non-hydrogen) atoms. The lowest BCUT2D eigenvalue weighted by atomic mass is 9.70. The molecule has 2 bridgehead atoms. The number of nitrogens with zero attached hydrogens (tertiary/aromatic N) is 2. The van der Waals surface area contributed by atoms with Crippen molar-refractivity contribution >= 4 is 45.3 Å². The van der Waals surface area contributed by atoms with Gasteiger partial charge in [0.2, 0.25) is 11.8 Å². The highest BCUT2D eigenvalue weighted by molar-refractivity contribution is 9.09. The highest BCUT2D eigenvalue weighted by atomic mass is 79.9. The SMILES string of the molecule is C=CCCC(=O)N[C@@H](C)[C@H](OC(=O)[C@H]1[C@@H]2O[C@@]3(CC2Br)[C@@H]1C(=O)N([C@@H](CO)[C@@H](C)CC)[C@@H]3C(=O)N(CC=C)c1ccc(OC)cc1)c1ccccc1. The molecule has 2 aromatic rings. The summed E-state index contributed by atoms with van der Waals surface area (Å²) in [5, 5.41) is 13.7. The first kappa shape index (κ1) is 39.2. The summed E-state index contributed by atoms with van der Waals surface area (Å²) >= 11 is 3.74. The van der Waals surface area contributed by atoms with Gasteiger partial charge in [-0.1, -0.05) is 78.7 Å². The van der Waals surface area contributed by atoms with Gasteiger partial charge in [0, 0.05) is 23.5 Å². The predicted molar refractivity (Wildman–Crippen MR) is 201 cm³/mol. The van der Waals surface area contributed by atoms with Gasteiger partial charge in [-0.3, -0.25) is 19.2 Å². The van der Waals surface area contributed by atoms with E-state index in [1.165, 1.54) is 4.90 Å². The molecule has 2 N–H and O–H groups in total. The van der Waals surface area contributed by atoms with E-state index in [-0.39, 0.29) is 42.6 Å². The zero-order chi connectivity index (χ0) is 37.7. The lowest BCUT2D eigenvalue weighted by molar-refractivity contribution is -0.162. The first-order valence-corrected chi connectivity index (χ1v) is 18.9. The molecule has 3 aliphatic rings. The molecule has 2 aromatic carbocycles. The molecule has 3 aliphatic heterocycles. The number of methoxy groups -OCH3 is 1. The number of benzene rings is 2. The van der Waals surface area contributed by atoms with Gasteiger partial charge in [-0.15, -0.1) is 13.2 Å². The van der Waals surface area contributed by atoms with Gasteiger partial charge in [0.25, 0.3) is 5.91 Å². The van der Waals surface area contributed by atoms with Crippen LogP contribution in [0.3, 0.4) is 0 Å². The Bertz CT molecular complexity index is 1620. The van der Waals surface area contributed by atoms with E-state index in [1.807, 2.05) is 44.2 Å². The Hall–Kier alpha value is -4.00. The van der Waals surface area contributed by atoms with Crippen LogP contribution in [-0.2, 0) is 28.7 Å². The van der Waals surface area contributed by atoms with Crippen LogP contribution in [0.4, 0.5) is 5.69 Å². The van der Waals surface area contributed by atoms with E-state index in [2.05, 4.69) is 34.4 Å². The number of amides is 3. The Kier molecular flexibility index (Phi) is 12.6. The minimum Gasteiger partial charge on any atom is -0.497 e. The molecule has 5 rings (SSSR count). The second kappa shape index (κ2) is 16.8. The molecule has 3 heterocycles. The molecule has 1 spiro atoms. The van der Waals surface area contributed by atoms with E-state index in [0.717, 1.165) is 0 Å². The third-order valence-electron chi connectivity index (χ3n) is 10.8. The summed E-state index contributed by atoms with van der Waals surface area (Å²) in [5.74, 6) is -3.39. The number of hydrogen-bond donors (Lipinski definition) is 2. The number of nitrogens with one attached hydrogen (secondary N) is 1. The topological polar surface area (TPSA) is 135 Å². The molecule has 0 saturated carbocycles. The van der Waals surface area contributed by atoms with Crippen molar-refractivity contribution in [3.63, 3.8) is 0 Å². The van der Waals surface area contributed by atoms with Crippen LogP contribution in [0.5, 0.6) is 5.75 Å². The van der Waals surface area contributed by atoms with Gasteiger partial charge in [-0.2, -0.15) is 0 Å². The van der Waals surface area contributed by atoms with E-state index in [9.17, 15) is 19.5 Å². The number of aliphatic hydroxyl groups is 1. The lowest BCUT2D eigenvalue weighted by Gasteiger charge is -2.41. The summed E-state index contributed by atoms with van der Waals surface area (Å²) < 4.78 is 18.4. The summed E-state index contributed by atoms with van der Waals surface area (Å²) in [6, 6.07) is 13.7. The smallest absolute Gasteiger partial charge is 0.313 e. The molecule has 3 amide bonds. The van der Waals surface area contributed by atoms with E-state index in [1.54, 1.807) is 55.4 Å². The molecule has 12 heteroatoms. The second-order valence-electron chi connectivity index (χ2n) is 13.9. The molecule has 3 fully saturated rings. The zero-order valence-electron chi connectivity index (χ0n) is 30.3. The van der Waals surface area contributed by atoms with Crippen molar-refractivity contribution in [2.75, 3.05) is 25.2 Å². The minimum atomic E-state index is -1.39. The summed E-state index contributed by atoms with van der Waals surface area (Å²) in [6.45, 7) is 13.0. The van der Waals surface area contributed by atoms with Gasteiger partial charge in [-0.25, -0.2) is 0 Å². The van der Waals surface area contributed by atoms with E-state index in [0.29, 0.717) is 29.8 Å². The highest BCUT2D eigenvalue weighted by Gasteiger charge is 2.78. The standard InChI is InChI=1S/C40H50BrN3O8/c1-7-10-16-31(46)42-25(5)34(26-14-12-11-13-15-26)51-39(49)32-33-37(47)44(30(23-45)24(4)9-3)36(40(33)22-29(41)35(32)52-40)38(48)43(21-8-2)27-17-19-28(50-6)20-18-27/h7-8,11-15,17-20,24-25,29-30,32-36,45H,1-2,9-10,16,21-23H2,3-6H3,(H,42,46)/t24-,25-,29?,30-,32+,33-,34-,35+,36+,40-/m0/s1. The molecule has 11 nitrogen and oxygen atoms in total. The van der Waals surface area contributed by atoms with Crippen LogP contribution in [0.2, 0.25) is 0 Å². The van der Waals surface area contributed by atoms with Crippen LogP contribution >= 0.6 is 15.9 Å². The van der Waals surface area contributed by atoms with E-state index in [4.69, 9.17) is 14.2 Å². The summed E-state index contributed by atoms with van der Waals surface area (Å²) in [5.41, 5.74) is -0.155. The molecule has 1 unspecified atom stereocenters. The summed E-state index contributed by atoms with van der Waals surface area (Å²) in [7, 11) is 1.56. The van der Waals surface area contributed by atoms with Crippen molar-refractivity contribution in [3.05, 3.63) is 85.5 Å². The fourth-order valence-corrected chi connectivity index (χ4v) is 9.03. The molecular formula is C40H50BrN3O8. The first-order valence-electron chi connectivity index (χ1n) is 17.9. The van der Waals surface area contributed by atoms with Crippen LogP contribution in [-0.4, -0.2) is 88.6 Å². The number of alkyl halides is 1. The molecule has 0 aromatic heterocycles. The fourth-order valence-electron chi connectivity index (χ4n) is 8.09. The van der Waals surface area contributed by atoms with Crippen molar-refractivity contribution < 1.29 is 38.5 Å². The van der Waals surface area contributed by atoms with Gasteiger partial charge in [-0.05, 0) is 55.5 Å². The number of esters is 1. The average molecular weight is 781 g/mol. The highest BCUT2D eigenvalue weighted by Crippen LogP contribution is 2.61. The Morgan fingerprint density at radius 2 is 1.83 bits per heavy atom. The normalized spacial score (nSPS) is 26.8. The third-order valence-corrected chi connectivity index (χ3v) is 11.7. The first-order chi connectivity index (χ1) is 25.0. The number of anilines is 1. The van der Waals surface area contributed by atoms with Crippen molar-refractivity contribution in [1.82, 2.24) is 10.2 Å². The van der Waals surface area contributed by atoms with E-state index < -0.39 is 65.6 Å². The number of likely N-dealkylation sites (tertiary alicyclic amines) is 1. The van der Waals surface area contributed by atoms with Gasteiger partial charge in [0.05, 0.1) is 43.7 Å². The molecule has 10 atom stereocenters. The second-order valence-corrected chi connectivity index (χ2v) is 15.1. The minimum absolute atomic E-state index is 0.138. The van der Waals surface area contributed by atoms with Crippen molar-refractivity contribution in [2.24, 2.45) is 17.8 Å². The Balaban J connectivity index is 1.55. The van der Waals surface area contributed by atoms with Crippen LogP contribution in [0.15, 0.2) is 79.9 Å². The Labute approximate surface area is 314 Å². The number of allylic oxidation sites excluding steroid dienone is 1. The van der Waals surface area contributed by atoms with Gasteiger partial charge < -0.3 is 34.4 Å². The van der Waals surface area contributed by atoms with Crippen LogP contribution in [0, 0.1) is 17.8 Å². The number of hydrogen-bond acceptors (Lipinski definition) is 8. The molecule has 0 aliphatic carbocycles. The van der Waals surface area contributed by atoms with Gasteiger partial charge in [0.1, 0.15) is 23.5 Å². The van der Waals surface area contributed by atoms with Crippen molar-refractivity contribution in [2.45, 2.75) is 87.2 Å². The molecular weight excluding hydrogens is 730 g/mol. The van der Waals surface area contributed by atoms with Crippen LogP contribution in [0.25, 0.3) is 0 Å². The number of ether oxygens (including phenoxy) is 3. The van der Waals surface area contributed by atoms with Gasteiger partial charge in [0.15, 0.2) is 0 Å². The number of rotatable bonds is 17. The monoisotopic (exact) mass is 779 g/mol. The quantitative estimate of drug-likeness (QED) is 0.128.